The first-order valence-corrected chi connectivity index (χ1v) is 7.23. The van der Waals surface area contributed by atoms with Gasteiger partial charge in [-0.05, 0) is 31.4 Å². The Morgan fingerprint density at radius 3 is 2.16 bits per heavy atom. The maximum atomic E-state index is 12.5. The molecule has 0 saturated heterocycles. The summed E-state index contributed by atoms with van der Waals surface area (Å²) in [6.07, 6.45) is 2.28. The molecule has 0 aliphatic carbocycles. The van der Waals surface area contributed by atoms with Crippen LogP contribution in [0.4, 0.5) is 0 Å². The average Bonchev–Trinajstić information content (AvgIpc) is 2.45. The molecule has 3 heteroatoms. The van der Waals surface area contributed by atoms with Crippen LogP contribution < -0.4 is 4.74 Å². The number of hydrogen-bond donors (Lipinski definition) is 0. The van der Waals surface area contributed by atoms with Crippen LogP contribution in [0.15, 0.2) is 30.3 Å². The van der Waals surface area contributed by atoms with Gasteiger partial charge in [0.2, 0.25) is 0 Å². The molecule has 0 aliphatic rings. The first-order valence-electron chi connectivity index (χ1n) is 7.23. The molecule has 0 aliphatic heterocycles. The normalized spacial score (nSPS) is 11.9. The maximum Gasteiger partial charge on any atom is 0.263 e. The highest BCUT2D eigenvalue weighted by atomic mass is 16.5. The van der Waals surface area contributed by atoms with Crippen molar-refractivity contribution in [1.29, 1.82) is 0 Å². The minimum absolute atomic E-state index is 0.107. The molecule has 1 aromatic carbocycles. The SMILES string of the molecule is CCCN(CCC)C(=O)[C@@H](CC)Oc1ccccc1. The summed E-state index contributed by atoms with van der Waals surface area (Å²) in [6.45, 7) is 7.79. The number of hydrogen-bond acceptors (Lipinski definition) is 2. The number of carbonyl (C=O) groups excluding carboxylic acids is 1. The molecule has 0 N–H and O–H groups in total. The van der Waals surface area contributed by atoms with Crippen molar-refractivity contribution in [3.63, 3.8) is 0 Å². The molecule has 1 atom stereocenters. The third kappa shape index (κ3) is 4.93. The highest BCUT2D eigenvalue weighted by molar-refractivity contribution is 5.81. The minimum atomic E-state index is -0.375. The Hall–Kier alpha value is -1.51. The third-order valence-corrected chi connectivity index (χ3v) is 2.97. The van der Waals surface area contributed by atoms with Gasteiger partial charge in [0.05, 0.1) is 0 Å². The maximum absolute atomic E-state index is 12.5. The van der Waals surface area contributed by atoms with Crippen LogP contribution in [0.3, 0.4) is 0 Å². The van der Waals surface area contributed by atoms with Gasteiger partial charge in [0, 0.05) is 13.1 Å². The fourth-order valence-electron chi connectivity index (χ4n) is 2.05. The zero-order chi connectivity index (χ0) is 14.1. The van der Waals surface area contributed by atoms with E-state index in [4.69, 9.17) is 4.74 Å². The standard InChI is InChI=1S/C16H25NO2/c1-4-12-17(13-5-2)16(18)15(6-3)19-14-10-8-7-9-11-14/h7-11,15H,4-6,12-13H2,1-3H3/t15-/m1/s1. The lowest BCUT2D eigenvalue weighted by Gasteiger charge is -2.26. The van der Waals surface area contributed by atoms with E-state index in [9.17, 15) is 4.79 Å². The Labute approximate surface area is 116 Å². The van der Waals surface area contributed by atoms with E-state index in [1.807, 2.05) is 42.2 Å². The van der Waals surface area contributed by atoms with Gasteiger partial charge in [-0.25, -0.2) is 0 Å². The van der Waals surface area contributed by atoms with Gasteiger partial charge in [0.25, 0.3) is 5.91 Å². The number of ether oxygens (including phenoxy) is 1. The van der Waals surface area contributed by atoms with Crippen molar-refractivity contribution in [3.05, 3.63) is 30.3 Å². The molecule has 1 rings (SSSR count). The Morgan fingerprint density at radius 2 is 1.68 bits per heavy atom. The molecule has 1 aromatic rings. The van der Waals surface area contributed by atoms with Crippen LogP contribution in [-0.2, 0) is 4.79 Å². The Kier molecular flexibility index (Phi) is 7.01. The summed E-state index contributed by atoms with van der Waals surface area (Å²) in [7, 11) is 0. The monoisotopic (exact) mass is 263 g/mol. The van der Waals surface area contributed by atoms with Crippen molar-refractivity contribution < 1.29 is 9.53 Å². The fourth-order valence-corrected chi connectivity index (χ4v) is 2.05. The van der Waals surface area contributed by atoms with Crippen LogP contribution in [-0.4, -0.2) is 30.0 Å². The molecule has 0 fully saturated rings. The topological polar surface area (TPSA) is 29.5 Å². The van der Waals surface area contributed by atoms with E-state index in [2.05, 4.69) is 13.8 Å². The van der Waals surface area contributed by atoms with Crippen molar-refractivity contribution >= 4 is 5.91 Å². The van der Waals surface area contributed by atoms with Crippen LogP contribution >= 0.6 is 0 Å². The molecular formula is C16H25NO2. The van der Waals surface area contributed by atoms with Crippen LogP contribution in [0, 0.1) is 0 Å². The molecule has 19 heavy (non-hydrogen) atoms. The first-order chi connectivity index (χ1) is 9.22. The highest BCUT2D eigenvalue weighted by Gasteiger charge is 2.23. The molecule has 0 bridgehead atoms. The summed E-state index contributed by atoms with van der Waals surface area (Å²) in [5.74, 6) is 0.866. The van der Waals surface area contributed by atoms with E-state index in [1.165, 1.54) is 0 Å². The molecule has 0 unspecified atom stereocenters. The molecule has 0 spiro atoms. The smallest absolute Gasteiger partial charge is 0.263 e. The van der Waals surface area contributed by atoms with E-state index >= 15 is 0 Å². The van der Waals surface area contributed by atoms with Gasteiger partial charge < -0.3 is 9.64 Å². The second-order valence-corrected chi connectivity index (χ2v) is 4.65. The lowest BCUT2D eigenvalue weighted by atomic mass is 10.2. The first kappa shape index (κ1) is 15.5. The predicted molar refractivity (Wildman–Crippen MR) is 78.3 cm³/mol. The summed E-state index contributed by atoms with van der Waals surface area (Å²) in [5.41, 5.74) is 0. The van der Waals surface area contributed by atoms with Gasteiger partial charge in [-0.3, -0.25) is 4.79 Å². The van der Waals surface area contributed by atoms with Gasteiger partial charge in [-0.15, -0.1) is 0 Å². The van der Waals surface area contributed by atoms with Crippen LogP contribution in [0.5, 0.6) is 5.75 Å². The van der Waals surface area contributed by atoms with Crippen molar-refractivity contribution in [2.75, 3.05) is 13.1 Å². The summed E-state index contributed by atoms with van der Waals surface area (Å²) in [4.78, 5) is 14.4. The second-order valence-electron chi connectivity index (χ2n) is 4.65. The number of benzene rings is 1. The molecule has 0 radical (unpaired) electrons. The molecular weight excluding hydrogens is 238 g/mol. The van der Waals surface area contributed by atoms with Crippen molar-refractivity contribution in [1.82, 2.24) is 4.90 Å². The molecule has 106 valence electrons. The summed E-state index contributed by atoms with van der Waals surface area (Å²) in [6, 6.07) is 9.56. The summed E-state index contributed by atoms with van der Waals surface area (Å²) in [5, 5.41) is 0. The number of para-hydroxylation sites is 1. The fraction of sp³-hybridized carbons (Fsp3) is 0.562. The van der Waals surface area contributed by atoms with Gasteiger partial charge in [0.1, 0.15) is 5.75 Å². The summed E-state index contributed by atoms with van der Waals surface area (Å²) < 4.78 is 5.81. The zero-order valence-electron chi connectivity index (χ0n) is 12.3. The van der Waals surface area contributed by atoms with Crippen LogP contribution in [0.25, 0.3) is 0 Å². The average molecular weight is 263 g/mol. The molecule has 3 nitrogen and oxygen atoms in total. The van der Waals surface area contributed by atoms with E-state index in [0.717, 1.165) is 31.7 Å². The van der Waals surface area contributed by atoms with Crippen molar-refractivity contribution in [2.45, 2.75) is 46.1 Å². The third-order valence-electron chi connectivity index (χ3n) is 2.97. The number of amides is 1. The highest BCUT2D eigenvalue weighted by Crippen LogP contribution is 2.14. The van der Waals surface area contributed by atoms with Crippen LogP contribution in [0.1, 0.15) is 40.0 Å². The Bertz CT molecular complexity index is 358. The largest absolute Gasteiger partial charge is 0.481 e. The van der Waals surface area contributed by atoms with Crippen LogP contribution in [0.2, 0.25) is 0 Å². The van der Waals surface area contributed by atoms with E-state index < -0.39 is 0 Å². The Balaban J connectivity index is 2.69. The van der Waals surface area contributed by atoms with Gasteiger partial charge in [-0.2, -0.15) is 0 Å². The summed E-state index contributed by atoms with van der Waals surface area (Å²) >= 11 is 0. The zero-order valence-corrected chi connectivity index (χ0v) is 12.3. The van der Waals surface area contributed by atoms with Gasteiger partial charge in [-0.1, -0.05) is 39.0 Å². The van der Waals surface area contributed by atoms with Crippen molar-refractivity contribution in [3.8, 4) is 5.75 Å². The minimum Gasteiger partial charge on any atom is -0.481 e. The molecule has 1 amide bonds. The molecule has 0 saturated carbocycles. The number of rotatable bonds is 8. The van der Waals surface area contributed by atoms with Crippen molar-refractivity contribution in [2.24, 2.45) is 0 Å². The molecule has 0 heterocycles. The molecule has 0 aromatic heterocycles. The lowest BCUT2D eigenvalue weighted by molar-refractivity contribution is -0.139. The number of carbonyl (C=O) groups is 1. The lowest BCUT2D eigenvalue weighted by Crippen LogP contribution is -2.42. The van der Waals surface area contributed by atoms with Gasteiger partial charge >= 0.3 is 0 Å². The Morgan fingerprint density at radius 1 is 1.11 bits per heavy atom. The predicted octanol–water partition coefficient (Wildman–Crippen LogP) is 3.49. The number of nitrogens with zero attached hydrogens (tertiary/aromatic N) is 1. The van der Waals surface area contributed by atoms with E-state index in [1.54, 1.807) is 0 Å². The van der Waals surface area contributed by atoms with E-state index in [0.29, 0.717) is 6.42 Å². The van der Waals surface area contributed by atoms with E-state index in [-0.39, 0.29) is 12.0 Å². The quantitative estimate of drug-likeness (QED) is 0.718. The second kappa shape index (κ2) is 8.57. The van der Waals surface area contributed by atoms with Gasteiger partial charge in [0.15, 0.2) is 6.10 Å².